The predicted octanol–water partition coefficient (Wildman–Crippen LogP) is 6.45. The van der Waals surface area contributed by atoms with Gasteiger partial charge in [-0.1, -0.05) is 80.6 Å². The van der Waals surface area contributed by atoms with Crippen LogP contribution >= 0.6 is 0 Å². The molecule has 4 rings (SSSR count). The van der Waals surface area contributed by atoms with Crippen LogP contribution in [-0.2, 0) is 38.8 Å². The van der Waals surface area contributed by atoms with E-state index in [-0.39, 0.29) is 29.5 Å². The molecule has 2 amide bonds. The number of carbonyl (C=O) groups excluding carboxylic acids is 2. The molecule has 47 heavy (non-hydrogen) atoms. The van der Waals surface area contributed by atoms with Crippen LogP contribution in [0, 0.1) is 11.7 Å². The highest BCUT2D eigenvalue weighted by Crippen LogP contribution is 2.33. The molecule has 0 aliphatic heterocycles. The first-order chi connectivity index (χ1) is 22.3. The fourth-order valence-electron chi connectivity index (χ4n) is 4.85. The minimum absolute atomic E-state index is 0.0483. The van der Waals surface area contributed by atoms with E-state index in [0.29, 0.717) is 28.0 Å². The van der Waals surface area contributed by atoms with Crippen LogP contribution in [0.2, 0.25) is 0 Å². The van der Waals surface area contributed by atoms with Crippen molar-refractivity contribution in [2.45, 2.75) is 43.9 Å². The van der Waals surface area contributed by atoms with Gasteiger partial charge in [0.2, 0.25) is 11.8 Å². The van der Waals surface area contributed by atoms with E-state index >= 15 is 0 Å². The molecule has 4 aromatic rings. The van der Waals surface area contributed by atoms with Crippen LogP contribution in [0.15, 0.2) is 114 Å². The minimum atomic E-state index is -4.79. The number of hydrogen-bond acceptors (Lipinski definition) is 4. The van der Waals surface area contributed by atoms with Crippen LogP contribution < -0.4 is 9.62 Å². The Morgan fingerprint density at radius 1 is 0.809 bits per heavy atom. The molecule has 4 aromatic carbocycles. The van der Waals surface area contributed by atoms with Crippen molar-refractivity contribution in [3.05, 3.63) is 132 Å². The zero-order valence-electron chi connectivity index (χ0n) is 25.8. The summed E-state index contributed by atoms with van der Waals surface area (Å²) in [5.74, 6) is -1.81. The first kappa shape index (κ1) is 35.1. The number of alkyl halides is 3. The normalized spacial score (nSPS) is 12.4. The van der Waals surface area contributed by atoms with E-state index in [2.05, 4.69) is 5.32 Å². The second-order valence-corrected chi connectivity index (χ2v) is 13.2. The molecule has 0 bridgehead atoms. The summed E-state index contributed by atoms with van der Waals surface area (Å²) in [6.45, 7) is 2.95. The van der Waals surface area contributed by atoms with E-state index in [9.17, 15) is 35.6 Å². The van der Waals surface area contributed by atoms with Gasteiger partial charge in [0, 0.05) is 19.5 Å². The molecule has 0 saturated carbocycles. The Hall–Kier alpha value is -4.71. The highest BCUT2D eigenvalue weighted by atomic mass is 32.2. The first-order valence-electron chi connectivity index (χ1n) is 14.9. The van der Waals surface area contributed by atoms with Crippen LogP contribution in [0.25, 0.3) is 0 Å². The summed E-state index contributed by atoms with van der Waals surface area (Å²) >= 11 is 0. The van der Waals surface area contributed by atoms with Gasteiger partial charge in [0.05, 0.1) is 16.1 Å². The third-order valence-electron chi connectivity index (χ3n) is 7.29. The number of nitrogens with zero attached hydrogens (tertiary/aromatic N) is 2. The number of anilines is 1. The first-order valence-corrected chi connectivity index (χ1v) is 16.3. The zero-order valence-corrected chi connectivity index (χ0v) is 26.6. The van der Waals surface area contributed by atoms with Crippen molar-refractivity contribution in [2.75, 3.05) is 17.4 Å². The van der Waals surface area contributed by atoms with Gasteiger partial charge in [-0.05, 0) is 59.5 Å². The van der Waals surface area contributed by atoms with Crippen molar-refractivity contribution in [1.82, 2.24) is 10.2 Å². The Morgan fingerprint density at radius 3 is 2.02 bits per heavy atom. The number of rotatable bonds is 13. The number of nitrogens with one attached hydrogen (secondary N) is 1. The van der Waals surface area contributed by atoms with Crippen molar-refractivity contribution in [3.8, 4) is 0 Å². The average Bonchev–Trinajstić information content (AvgIpc) is 3.05. The predicted molar refractivity (Wildman–Crippen MR) is 171 cm³/mol. The highest BCUT2D eigenvalue weighted by Gasteiger charge is 2.36. The zero-order chi connectivity index (χ0) is 34.2. The van der Waals surface area contributed by atoms with Gasteiger partial charge in [0.25, 0.3) is 10.0 Å². The lowest BCUT2D eigenvalue weighted by Crippen LogP contribution is -2.53. The quantitative estimate of drug-likeness (QED) is 0.166. The molecule has 0 aliphatic carbocycles. The Labute approximate surface area is 271 Å². The molecular formula is C35H35F4N3O4S. The van der Waals surface area contributed by atoms with E-state index in [0.717, 1.165) is 12.1 Å². The smallest absolute Gasteiger partial charge is 0.354 e. The van der Waals surface area contributed by atoms with Gasteiger partial charge in [-0.25, -0.2) is 12.8 Å². The van der Waals surface area contributed by atoms with E-state index < -0.39 is 52.0 Å². The van der Waals surface area contributed by atoms with E-state index in [4.69, 9.17) is 0 Å². The molecule has 248 valence electrons. The van der Waals surface area contributed by atoms with Crippen LogP contribution in [0.4, 0.5) is 23.2 Å². The van der Waals surface area contributed by atoms with Crippen molar-refractivity contribution >= 4 is 27.5 Å². The summed E-state index contributed by atoms with van der Waals surface area (Å²) in [5.41, 5.74) is -0.330. The second kappa shape index (κ2) is 15.3. The Kier molecular flexibility index (Phi) is 11.4. The van der Waals surface area contributed by atoms with Crippen LogP contribution in [0.1, 0.15) is 30.5 Å². The summed E-state index contributed by atoms with van der Waals surface area (Å²) in [6.07, 6.45) is -4.74. The number of carbonyl (C=O) groups is 2. The topological polar surface area (TPSA) is 86.8 Å². The highest BCUT2D eigenvalue weighted by molar-refractivity contribution is 7.92. The van der Waals surface area contributed by atoms with Gasteiger partial charge in [-0.2, -0.15) is 13.2 Å². The molecule has 7 nitrogen and oxygen atoms in total. The number of halogens is 4. The van der Waals surface area contributed by atoms with Crippen molar-refractivity contribution < 1.29 is 35.6 Å². The molecule has 0 radical (unpaired) electrons. The molecule has 0 fully saturated rings. The fourth-order valence-corrected chi connectivity index (χ4v) is 6.28. The lowest BCUT2D eigenvalue weighted by atomic mass is 10.0. The molecular weight excluding hydrogens is 634 g/mol. The number of benzene rings is 4. The summed E-state index contributed by atoms with van der Waals surface area (Å²) in [4.78, 5) is 29.1. The minimum Gasteiger partial charge on any atom is -0.354 e. The maximum absolute atomic E-state index is 14.4. The van der Waals surface area contributed by atoms with Crippen LogP contribution in [-0.4, -0.2) is 44.3 Å². The molecule has 1 unspecified atom stereocenters. The number of sulfonamides is 1. The van der Waals surface area contributed by atoms with Gasteiger partial charge in [-0.15, -0.1) is 0 Å². The van der Waals surface area contributed by atoms with Crippen LogP contribution in [0.5, 0.6) is 0 Å². The molecule has 0 aliphatic rings. The van der Waals surface area contributed by atoms with E-state index in [1.54, 1.807) is 36.4 Å². The average molecular weight is 670 g/mol. The molecule has 1 atom stereocenters. The van der Waals surface area contributed by atoms with Gasteiger partial charge in [0.15, 0.2) is 0 Å². The molecule has 12 heteroatoms. The van der Waals surface area contributed by atoms with Gasteiger partial charge >= 0.3 is 6.18 Å². The maximum atomic E-state index is 14.4. The lowest BCUT2D eigenvalue weighted by molar-refractivity contribution is -0.140. The van der Waals surface area contributed by atoms with E-state index in [1.807, 2.05) is 13.8 Å². The molecule has 0 saturated heterocycles. The molecule has 0 spiro atoms. The lowest BCUT2D eigenvalue weighted by Gasteiger charge is -2.34. The molecule has 0 heterocycles. The summed E-state index contributed by atoms with van der Waals surface area (Å²) in [6, 6.07) is 23.7. The number of amides is 2. The van der Waals surface area contributed by atoms with Gasteiger partial charge in [0.1, 0.15) is 18.4 Å². The van der Waals surface area contributed by atoms with Crippen molar-refractivity contribution in [2.24, 2.45) is 5.92 Å². The largest absolute Gasteiger partial charge is 0.416 e. The van der Waals surface area contributed by atoms with Crippen LogP contribution in [0.3, 0.4) is 0 Å². The van der Waals surface area contributed by atoms with Crippen molar-refractivity contribution in [3.63, 3.8) is 0 Å². The summed E-state index contributed by atoms with van der Waals surface area (Å²) < 4.78 is 83.6. The summed E-state index contributed by atoms with van der Waals surface area (Å²) in [5, 5.41) is 2.85. The molecule has 0 aromatic heterocycles. The standard InChI is InChI=1S/C35H35F4N3O4S/c1-25(2)22-40-34(44)32(20-26-10-5-3-6-11-26)41(23-27-16-18-29(36)19-17-27)33(43)24-42(47(45,46)31-14-7-4-8-15-31)30-13-9-12-28(21-30)35(37,38)39/h3-19,21,25,32H,20,22-24H2,1-2H3,(H,40,44). The fraction of sp³-hybridized carbons (Fsp3) is 0.257. The maximum Gasteiger partial charge on any atom is 0.416 e. The second-order valence-electron chi connectivity index (χ2n) is 11.4. The molecule has 1 N–H and O–H groups in total. The monoisotopic (exact) mass is 669 g/mol. The van der Waals surface area contributed by atoms with Gasteiger partial charge < -0.3 is 10.2 Å². The number of hydrogen-bond donors (Lipinski definition) is 1. The summed E-state index contributed by atoms with van der Waals surface area (Å²) in [7, 11) is -4.58. The third-order valence-corrected chi connectivity index (χ3v) is 9.08. The third kappa shape index (κ3) is 9.41. The van der Waals surface area contributed by atoms with E-state index in [1.165, 1.54) is 59.5 Å². The Balaban J connectivity index is 1.83. The Morgan fingerprint density at radius 2 is 1.43 bits per heavy atom. The Bertz CT molecular complexity index is 1750. The van der Waals surface area contributed by atoms with Crippen molar-refractivity contribution in [1.29, 1.82) is 0 Å². The van der Waals surface area contributed by atoms with Gasteiger partial charge in [-0.3, -0.25) is 13.9 Å². The SMILES string of the molecule is CC(C)CNC(=O)C(Cc1ccccc1)N(Cc1ccc(F)cc1)C(=O)CN(c1cccc(C(F)(F)F)c1)S(=O)(=O)c1ccccc1.